The van der Waals surface area contributed by atoms with Crippen LogP contribution in [-0.2, 0) is 32.6 Å². The van der Waals surface area contributed by atoms with Gasteiger partial charge >= 0.3 is 0 Å². The number of amides is 2. The van der Waals surface area contributed by atoms with Crippen molar-refractivity contribution in [3.8, 4) is 0 Å². The lowest BCUT2D eigenvalue weighted by Crippen LogP contribution is -2.53. The summed E-state index contributed by atoms with van der Waals surface area (Å²) in [6.07, 6.45) is 1.26. The molecule has 2 amide bonds. The van der Waals surface area contributed by atoms with Crippen molar-refractivity contribution in [1.29, 1.82) is 0 Å². The maximum Gasteiger partial charge on any atom is 0.244 e. The predicted octanol–water partition coefficient (Wildman–Crippen LogP) is 5.69. The number of likely N-dealkylation sites (N-methyl/N-ethyl adjacent to an activating group) is 1. The van der Waals surface area contributed by atoms with Crippen LogP contribution in [0.5, 0.6) is 0 Å². The van der Waals surface area contributed by atoms with Crippen molar-refractivity contribution in [2.45, 2.75) is 25.9 Å². The van der Waals surface area contributed by atoms with Gasteiger partial charge in [-0.3, -0.25) is 13.9 Å². The number of nitrogens with one attached hydrogen (secondary N) is 1. The molecule has 0 radical (unpaired) electrons. The van der Waals surface area contributed by atoms with E-state index in [4.69, 9.17) is 23.2 Å². The van der Waals surface area contributed by atoms with E-state index >= 15 is 0 Å². The summed E-state index contributed by atoms with van der Waals surface area (Å²) in [6.45, 7) is 1.52. The molecule has 0 aliphatic heterocycles. The lowest BCUT2D eigenvalue weighted by molar-refractivity contribution is -0.140. The number of hydrogen-bond donors (Lipinski definition) is 1. The molecule has 0 aromatic heterocycles. The van der Waals surface area contributed by atoms with Crippen molar-refractivity contribution in [2.75, 3.05) is 23.7 Å². The molecule has 0 heterocycles. The van der Waals surface area contributed by atoms with E-state index in [0.717, 1.165) is 21.5 Å². The third kappa shape index (κ3) is 7.38. The molecule has 0 bridgehead atoms. The van der Waals surface area contributed by atoms with E-state index in [1.165, 1.54) is 4.90 Å². The van der Waals surface area contributed by atoms with Gasteiger partial charge < -0.3 is 10.2 Å². The van der Waals surface area contributed by atoms with Crippen LogP contribution in [-0.4, -0.2) is 50.5 Å². The molecule has 0 aliphatic carbocycles. The van der Waals surface area contributed by atoms with E-state index in [1.807, 2.05) is 60.7 Å². The molecule has 0 saturated heterocycles. The second kappa shape index (κ2) is 13.4. The number of rotatable bonds is 11. The summed E-state index contributed by atoms with van der Waals surface area (Å²) in [5, 5.41) is 5.00. The summed E-state index contributed by atoms with van der Waals surface area (Å²) in [4.78, 5) is 29.1. The van der Waals surface area contributed by atoms with Gasteiger partial charge in [-0.05, 0) is 36.1 Å². The fraction of sp³-hybridized carbons (Fsp3) is 0.226. The van der Waals surface area contributed by atoms with Gasteiger partial charge in [-0.15, -0.1) is 0 Å². The number of halogens is 2. The molecule has 7 nitrogen and oxygen atoms in total. The van der Waals surface area contributed by atoms with E-state index in [-0.39, 0.29) is 18.9 Å². The van der Waals surface area contributed by atoms with Crippen LogP contribution in [0.15, 0.2) is 91.0 Å². The molecular weight excluding hydrogens is 581 g/mol. The van der Waals surface area contributed by atoms with Crippen molar-refractivity contribution >= 4 is 61.5 Å². The Morgan fingerprint density at radius 1 is 0.854 bits per heavy atom. The van der Waals surface area contributed by atoms with Gasteiger partial charge in [0.2, 0.25) is 21.8 Å². The number of carbonyl (C=O) groups excluding carboxylic acids is 2. The predicted molar refractivity (Wildman–Crippen MR) is 166 cm³/mol. The van der Waals surface area contributed by atoms with Gasteiger partial charge in [0.25, 0.3) is 0 Å². The zero-order valence-corrected chi connectivity index (χ0v) is 25.1. The molecule has 1 unspecified atom stereocenters. The Hall–Kier alpha value is -3.59. The molecule has 0 saturated carbocycles. The van der Waals surface area contributed by atoms with Gasteiger partial charge in [0.05, 0.1) is 11.9 Å². The number of anilines is 1. The van der Waals surface area contributed by atoms with Gasteiger partial charge in [-0.1, -0.05) is 96.0 Å². The number of benzene rings is 4. The number of sulfonamides is 1. The maximum atomic E-state index is 14.2. The average Bonchev–Trinajstić information content (AvgIpc) is 2.94. The quantitative estimate of drug-likeness (QED) is 0.236. The summed E-state index contributed by atoms with van der Waals surface area (Å²) in [6, 6.07) is 26.0. The standard InChI is InChI=1S/C31H31Cl2N3O4S/c1-3-34-31(38)29(19-22-11-5-4-6-12-22)35(20-25-26(32)16-10-17-27(25)33)30(37)21-36(41(2,39)40)28-18-9-14-23-13-7-8-15-24(23)28/h4-18,29H,3,19-21H2,1-2H3,(H,34,38). The Labute approximate surface area is 250 Å². The Morgan fingerprint density at radius 2 is 1.46 bits per heavy atom. The van der Waals surface area contributed by atoms with Gasteiger partial charge in [0.15, 0.2) is 0 Å². The molecular formula is C31H31Cl2N3O4S. The van der Waals surface area contributed by atoms with E-state index in [9.17, 15) is 18.0 Å². The molecule has 10 heteroatoms. The van der Waals surface area contributed by atoms with E-state index < -0.39 is 28.5 Å². The molecule has 41 heavy (non-hydrogen) atoms. The third-order valence-corrected chi connectivity index (χ3v) is 8.56. The summed E-state index contributed by atoms with van der Waals surface area (Å²) in [5.41, 5.74) is 1.66. The molecule has 0 spiro atoms. The fourth-order valence-electron chi connectivity index (χ4n) is 4.72. The lowest BCUT2D eigenvalue weighted by atomic mass is 10.0. The minimum absolute atomic E-state index is 0.0981. The van der Waals surface area contributed by atoms with Crippen molar-refractivity contribution in [2.24, 2.45) is 0 Å². The summed E-state index contributed by atoms with van der Waals surface area (Å²) in [7, 11) is -3.91. The van der Waals surface area contributed by atoms with Crippen LogP contribution < -0.4 is 9.62 Å². The number of hydrogen-bond acceptors (Lipinski definition) is 4. The normalized spacial score (nSPS) is 12.1. The highest BCUT2D eigenvalue weighted by atomic mass is 35.5. The SMILES string of the molecule is CCNC(=O)C(Cc1ccccc1)N(Cc1c(Cl)cccc1Cl)C(=O)CN(c1cccc2ccccc12)S(C)(=O)=O. The van der Waals surface area contributed by atoms with Crippen molar-refractivity contribution in [3.05, 3.63) is 112 Å². The van der Waals surface area contributed by atoms with Crippen LogP contribution >= 0.6 is 23.2 Å². The van der Waals surface area contributed by atoms with Crippen LogP contribution in [0.3, 0.4) is 0 Å². The van der Waals surface area contributed by atoms with Gasteiger partial charge in [0.1, 0.15) is 12.6 Å². The van der Waals surface area contributed by atoms with Crippen LogP contribution in [0.25, 0.3) is 10.8 Å². The largest absolute Gasteiger partial charge is 0.355 e. The minimum Gasteiger partial charge on any atom is -0.355 e. The van der Waals surface area contributed by atoms with Crippen molar-refractivity contribution in [1.82, 2.24) is 10.2 Å². The minimum atomic E-state index is -3.91. The Morgan fingerprint density at radius 3 is 2.12 bits per heavy atom. The molecule has 0 fully saturated rings. The molecule has 1 atom stereocenters. The molecule has 0 aliphatic rings. The van der Waals surface area contributed by atoms with Crippen LogP contribution in [0, 0.1) is 0 Å². The van der Waals surface area contributed by atoms with E-state index in [1.54, 1.807) is 37.3 Å². The number of nitrogens with zero attached hydrogens (tertiary/aromatic N) is 2. The highest BCUT2D eigenvalue weighted by Gasteiger charge is 2.34. The zero-order chi connectivity index (χ0) is 29.6. The fourth-order valence-corrected chi connectivity index (χ4v) is 6.10. The first-order valence-electron chi connectivity index (χ1n) is 13.1. The molecule has 4 rings (SSSR count). The van der Waals surface area contributed by atoms with Gasteiger partial charge in [0, 0.05) is 40.5 Å². The first-order chi connectivity index (χ1) is 19.6. The lowest BCUT2D eigenvalue weighted by Gasteiger charge is -2.34. The second-order valence-electron chi connectivity index (χ2n) is 9.59. The van der Waals surface area contributed by atoms with Crippen LogP contribution in [0.4, 0.5) is 5.69 Å². The van der Waals surface area contributed by atoms with Crippen LogP contribution in [0.1, 0.15) is 18.1 Å². The van der Waals surface area contributed by atoms with Gasteiger partial charge in [-0.2, -0.15) is 0 Å². The first kappa shape index (κ1) is 30.4. The molecule has 4 aromatic rings. The van der Waals surface area contributed by atoms with E-state index in [0.29, 0.717) is 33.2 Å². The zero-order valence-electron chi connectivity index (χ0n) is 22.8. The third-order valence-electron chi connectivity index (χ3n) is 6.73. The number of carbonyl (C=O) groups is 2. The summed E-state index contributed by atoms with van der Waals surface area (Å²) < 4.78 is 27.3. The highest BCUT2D eigenvalue weighted by molar-refractivity contribution is 7.92. The second-order valence-corrected chi connectivity index (χ2v) is 12.3. The summed E-state index contributed by atoms with van der Waals surface area (Å²) in [5.74, 6) is -0.949. The van der Waals surface area contributed by atoms with Crippen molar-refractivity contribution in [3.63, 3.8) is 0 Å². The molecule has 4 aromatic carbocycles. The summed E-state index contributed by atoms with van der Waals surface area (Å²) >= 11 is 13.0. The average molecular weight is 613 g/mol. The van der Waals surface area contributed by atoms with Gasteiger partial charge in [-0.25, -0.2) is 8.42 Å². The Kier molecular flexibility index (Phi) is 9.91. The highest BCUT2D eigenvalue weighted by Crippen LogP contribution is 2.30. The first-order valence-corrected chi connectivity index (χ1v) is 15.7. The molecule has 1 N–H and O–H groups in total. The number of fused-ring (bicyclic) bond motifs is 1. The van der Waals surface area contributed by atoms with Crippen molar-refractivity contribution < 1.29 is 18.0 Å². The smallest absolute Gasteiger partial charge is 0.244 e. The van der Waals surface area contributed by atoms with Crippen LogP contribution in [0.2, 0.25) is 10.0 Å². The molecule has 214 valence electrons. The maximum absolute atomic E-state index is 14.2. The monoisotopic (exact) mass is 611 g/mol. The van der Waals surface area contributed by atoms with E-state index in [2.05, 4.69) is 5.32 Å². The Balaban J connectivity index is 1.81. The Bertz CT molecular complexity index is 1620. The topological polar surface area (TPSA) is 86.8 Å².